The van der Waals surface area contributed by atoms with E-state index in [9.17, 15) is 4.79 Å². The molecule has 2 rings (SSSR count). The molecular weight excluding hydrogens is 449 g/mol. The Labute approximate surface area is 184 Å². The van der Waals surface area contributed by atoms with Crippen molar-refractivity contribution in [3.63, 3.8) is 0 Å². The molecular formula is C18H38N4O4Si4. The molecule has 0 bridgehead atoms. The number of rotatable bonds is 11. The lowest BCUT2D eigenvalue weighted by Crippen LogP contribution is -2.60. The van der Waals surface area contributed by atoms with Gasteiger partial charge in [0, 0.05) is 25.2 Å². The van der Waals surface area contributed by atoms with Gasteiger partial charge in [-0.25, -0.2) is 4.99 Å². The largest absolute Gasteiger partial charge is 0.469 e. The molecule has 12 heteroatoms. The number of hydrogen-bond donors (Lipinski definition) is 2. The van der Waals surface area contributed by atoms with Gasteiger partial charge in [0.1, 0.15) is 0 Å². The normalized spacial score (nSPS) is 14.8. The summed E-state index contributed by atoms with van der Waals surface area (Å²) < 4.78 is 20.1. The molecule has 1 aromatic heterocycles. The third-order valence-electron chi connectivity index (χ3n) is 3.84. The molecule has 8 nitrogen and oxygen atoms in total. The molecule has 0 aliphatic carbocycles. The van der Waals surface area contributed by atoms with E-state index in [-0.39, 0.29) is 5.56 Å². The highest BCUT2D eigenvalue weighted by molar-refractivity contribution is 6.90. The summed E-state index contributed by atoms with van der Waals surface area (Å²) in [5, 5.41) is 3.23. The number of fused-ring (bicyclic) bond motifs is 1. The minimum absolute atomic E-state index is 0.130. The van der Waals surface area contributed by atoms with Gasteiger partial charge in [0.25, 0.3) is 5.56 Å². The van der Waals surface area contributed by atoms with Crippen molar-refractivity contribution in [1.29, 1.82) is 0 Å². The van der Waals surface area contributed by atoms with Gasteiger partial charge in [0.05, 0.1) is 5.56 Å². The molecule has 1 aliphatic rings. The number of nitrogens with one attached hydrogen (secondary N) is 2. The second-order valence-corrected chi connectivity index (χ2v) is 27.6. The Morgan fingerprint density at radius 2 is 1.50 bits per heavy atom. The van der Waals surface area contributed by atoms with Crippen LogP contribution in [0.2, 0.25) is 65.0 Å². The minimum atomic E-state index is -2.84. The maximum atomic E-state index is 12.1. The molecule has 2 heterocycles. The number of aromatic amines is 1. The van der Waals surface area contributed by atoms with Gasteiger partial charge in [-0.15, -0.1) is 0 Å². The van der Waals surface area contributed by atoms with Crippen molar-refractivity contribution < 1.29 is 12.3 Å². The fourth-order valence-electron chi connectivity index (χ4n) is 3.21. The average Bonchev–Trinajstić information content (AvgIpc) is 2.95. The van der Waals surface area contributed by atoms with E-state index < -0.39 is 33.8 Å². The lowest BCUT2D eigenvalue weighted by molar-refractivity contribution is 0.251. The van der Waals surface area contributed by atoms with Crippen molar-refractivity contribution in [3.8, 4) is 0 Å². The van der Waals surface area contributed by atoms with E-state index in [0.717, 1.165) is 12.5 Å². The Hall–Kier alpha value is -0.902. The maximum Gasteiger partial charge on any atom is 0.469 e. The van der Waals surface area contributed by atoms with Gasteiger partial charge < -0.3 is 17.7 Å². The van der Waals surface area contributed by atoms with E-state index in [1.807, 2.05) is 0 Å². The molecule has 0 spiro atoms. The zero-order chi connectivity index (χ0) is 22.8. The van der Waals surface area contributed by atoms with Crippen LogP contribution < -0.4 is 10.9 Å². The highest BCUT2D eigenvalue weighted by Gasteiger charge is 2.49. The minimum Gasteiger partial charge on any atom is -0.417 e. The van der Waals surface area contributed by atoms with Crippen LogP contribution in [0.4, 0.5) is 11.8 Å². The number of nitrogens with zero attached hydrogens (tertiary/aromatic N) is 2. The van der Waals surface area contributed by atoms with Gasteiger partial charge in [-0.2, -0.15) is 4.98 Å². The van der Waals surface area contributed by atoms with Crippen LogP contribution in [-0.4, -0.2) is 56.5 Å². The van der Waals surface area contributed by atoms with Crippen molar-refractivity contribution in [1.82, 2.24) is 9.97 Å². The third kappa shape index (κ3) is 8.32. The molecule has 1 aromatic rings. The molecule has 0 saturated carbocycles. The Morgan fingerprint density at radius 1 is 0.967 bits per heavy atom. The first-order valence-electron chi connectivity index (χ1n) is 10.6. The molecule has 0 radical (unpaired) electrons. The fraction of sp³-hybridized carbons (Fsp3) is 0.722. The van der Waals surface area contributed by atoms with Crippen LogP contribution in [0.5, 0.6) is 0 Å². The number of aliphatic imine (C=N–C) groups is 1. The van der Waals surface area contributed by atoms with Crippen LogP contribution in [0, 0.1) is 0 Å². The van der Waals surface area contributed by atoms with Crippen LogP contribution in [0.3, 0.4) is 0 Å². The van der Waals surface area contributed by atoms with Crippen LogP contribution in [0.25, 0.3) is 0 Å². The lowest BCUT2D eigenvalue weighted by atomic mass is 10.3. The average molecular weight is 487 g/mol. The van der Waals surface area contributed by atoms with Gasteiger partial charge in [0.15, 0.2) is 30.8 Å². The monoisotopic (exact) mass is 486 g/mol. The Kier molecular flexibility index (Phi) is 7.86. The Balaban J connectivity index is 2.12. The van der Waals surface area contributed by atoms with E-state index in [2.05, 4.69) is 79.2 Å². The van der Waals surface area contributed by atoms with E-state index >= 15 is 0 Å². The Morgan fingerprint density at radius 3 is 2.00 bits per heavy atom. The second-order valence-electron chi connectivity index (χ2n) is 10.6. The predicted molar refractivity (Wildman–Crippen MR) is 134 cm³/mol. The van der Waals surface area contributed by atoms with Gasteiger partial charge >= 0.3 is 8.80 Å². The number of hydrogen-bond acceptors (Lipinski definition) is 7. The summed E-state index contributed by atoms with van der Waals surface area (Å²) in [7, 11) is -8.46. The lowest BCUT2D eigenvalue weighted by Gasteiger charge is -2.43. The summed E-state index contributed by atoms with van der Waals surface area (Å²) in [5.41, 5.74) is 0.498. The SMILES string of the molecule is C[Si](C)(C)O[Si](CCCNc1nc2c(c(=O)[nH]1)CC=N2)(O[Si](C)(C)C)O[Si](C)(C)C. The molecule has 2 N–H and O–H groups in total. The van der Waals surface area contributed by atoms with Crippen molar-refractivity contribution in [2.24, 2.45) is 4.99 Å². The highest BCUT2D eigenvalue weighted by atomic mass is 28.5. The van der Waals surface area contributed by atoms with Crippen molar-refractivity contribution in [2.45, 2.75) is 77.8 Å². The maximum absolute atomic E-state index is 12.1. The van der Waals surface area contributed by atoms with Gasteiger partial charge in [-0.3, -0.25) is 9.78 Å². The molecule has 0 fully saturated rings. The summed E-state index contributed by atoms with van der Waals surface area (Å²) in [6.07, 6.45) is 3.06. The summed E-state index contributed by atoms with van der Waals surface area (Å²) in [5.74, 6) is 0.963. The summed E-state index contributed by atoms with van der Waals surface area (Å²) in [6.45, 7) is 20.3. The van der Waals surface area contributed by atoms with Crippen LogP contribution in [-0.2, 0) is 18.8 Å². The van der Waals surface area contributed by atoms with E-state index in [4.69, 9.17) is 12.3 Å². The topological polar surface area (TPSA) is 97.8 Å². The molecule has 0 atom stereocenters. The van der Waals surface area contributed by atoms with E-state index in [0.29, 0.717) is 30.3 Å². The standard InChI is InChI=1S/C18H38N4O4Si4/c1-27(2,3)24-30(25-28(4,5)6,26-29(7,8)9)14-10-12-20-18-21-16-15(11-13-19-16)17(23)22-18/h13H,10-12,14H2,1-9H3,(H2,20,21,22,23). The first-order chi connectivity index (χ1) is 13.6. The second kappa shape index (κ2) is 9.30. The molecule has 0 unspecified atom stereocenters. The van der Waals surface area contributed by atoms with Gasteiger partial charge in [-0.05, 0) is 65.3 Å². The smallest absolute Gasteiger partial charge is 0.417 e. The molecule has 0 aromatic carbocycles. The first kappa shape index (κ1) is 25.4. The van der Waals surface area contributed by atoms with Crippen molar-refractivity contribution in [3.05, 3.63) is 15.9 Å². The zero-order valence-corrected chi connectivity index (χ0v) is 23.9. The molecule has 0 amide bonds. The molecule has 30 heavy (non-hydrogen) atoms. The molecule has 170 valence electrons. The summed E-state index contributed by atoms with van der Waals surface area (Å²) >= 11 is 0. The highest BCUT2D eigenvalue weighted by Crippen LogP contribution is 2.30. The number of aromatic nitrogens is 2. The zero-order valence-electron chi connectivity index (χ0n) is 19.9. The summed E-state index contributed by atoms with van der Waals surface area (Å²) in [4.78, 5) is 23.5. The third-order valence-corrected chi connectivity index (χ3v) is 15.9. The van der Waals surface area contributed by atoms with Crippen LogP contribution >= 0.6 is 0 Å². The summed E-state index contributed by atoms with van der Waals surface area (Å²) in [6, 6.07) is 0.742. The quantitative estimate of drug-likeness (QED) is 0.357. The Bertz CT molecular complexity index is 785. The van der Waals surface area contributed by atoms with Crippen LogP contribution in [0.1, 0.15) is 12.0 Å². The number of H-pyrrole nitrogens is 1. The fourth-order valence-corrected chi connectivity index (χ4v) is 17.9. The molecule has 1 aliphatic heterocycles. The van der Waals surface area contributed by atoms with Gasteiger partial charge in [0.2, 0.25) is 5.95 Å². The van der Waals surface area contributed by atoms with E-state index in [1.54, 1.807) is 6.21 Å². The van der Waals surface area contributed by atoms with Crippen LogP contribution in [0.15, 0.2) is 9.79 Å². The van der Waals surface area contributed by atoms with Crippen molar-refractivity contribution in [2.75, 3.05) is 11.9 Å². The predicted octanol–water partition coefficient (Wildman–Crippen LogP) is 4.32. The van der Waals surface area contributed by atoms with Gasteiger partial charge in [-0.1, -0.05) is 0 Å². The first-order valence-corrected chi connectivity index (χ1v) is 22.7. The number of anilines is 1. The van der Waals surface area contributed by atoms with Crippen molar-refractivity contribution >= 4 is 51.7 Å². The molecule has 0 saturated heterocycles. The van der Waals surface area contributed by atoms with E-state index in [1.165, 1.54) is 0 Å².